The van der Waals surface area contributed by atoms with Gasteiger partial charge in [-0.05, 0) is 45.2 Å². The molecule has 1 aromatic rings. The molecule has 18 heteroatoms. The second-order valence-corrected chi connectivity index (χ2v) is 7.64. The molecular formula is C12H4F12I2O4. The van der Waals surface area contributed by atoms with Gasteiger partial charge in [0.1, 0.15) is 11.5 Å². The predicted molar refractivity (Wildman–Crippen MR) is 87.2 cm³/mol. The van der Waals surface area contributed by atoms with Crippen LogP contribution in [0.15, 0.2) is 0 Å². The van der Waals surface area contributed by atoms with Gasteiger partial charge in [0.2, 0.25) is 0 Å². The molecular weight excluding hydrogens is 690 g/mol. The highest BCUT2D eigenvalue weighted by molar-refractivity contribution is 14.1. The van der Waals surface area contributed by atoms with E-state index in [0.29, 0.717) is 0 Å². The highest BCUT2D eigenvalue weighted by Gasteiger charge is 2.76. The third kappa shape index (κ3) is 3.73. The number of phenols is 2. The van der Waals surface area contributed by atoms with Crippen LogP contribution in [0.25, 0.3) is 0 Å². The van der Waals surface area contributed by atoms with Crippen LogP contribution >= 0.6 is 45.2 Å². The minimum absolute atomic E-state index is 0.255. The summed E-state index contributed by atoms with van der Waals surface area (Å²) >= 11 is 0.511. The zero-order chi connectivity index (χ0) is 24.5. The van der Waals surface area contributed by atoms with E-state index in [0.717, 1.165) is 0 Å². The normalized spacial score (nSPS) is 14.9. The van der Waals surface area contributed by atoms with Crippen molar-refractivity contribution >= 4 is 45.2 Å². The van der Waals surface area contributed by atoms with Crippen LogP contribution in [0.3, 0.4) is 0 Å². The van der Waals surface area contributed by atoms with Gasteiger partial charge in [0, 0.05) is 0 Å². The van der Waals surface area contributed by atoms with Crippen LogP contribution in [-0.2, 0) is 11.2 Å². The molecule has 4 nitrogen and oxygen atoms in total. The van der Waals surface area contributed by atoms with Gasteiger partial charge in [0.15, 0.2) is 0 Å². The summed E-state index contributed by atoms with van der Waals surface area (Å²) in [6, 6.07) is 0. The van der Waals surface area contributed by atoms with Crippen molar-refractivity contribution in [2.45, 2.75) is 35.9 Å². The Hall–Kier alpha value is -0.640. The van der Waals surface area contributed by atoms with Gasteiger partial charge in [-0.1, -0.05) is 0 Å². The number of rotatable bonds is 2. The van der Waals surface area contributed by atoms with Gasteiger partial charge in [-0.25, -0.2) is 0 Å². The minimum Gasteiger partial charge on any atom is -0.506 e. The molecule has 0 unspecified atom stereocenters. The van der Waals surface area contributed by atoms with Crippen molar-refractivity contribution in [3.8, 4) is 11.5 Å². The first kappa shape index (κ1) is 27.4. The average Bonchev–Trinajstić information content (AvgIpc) is 2.48. The summed E-state index contributed by atoms with van der Waals surface area (Å²) in [5.41, 5.74) is -17.4. The van der Waals surface area contributed by atoms with Crippen LogP contribution in [0.2, 0.25) is 0 Å². The van der Waals surface area contributed by atoms with E-state index in [-0.39, 0.29) is 45.2 Å². The van der Waals surface area contributed by atoms with Gasteiger partial charge in [-0.3, -0.25) is 0 Å². The fourth-order valence-electron chi connectivity index (χ4n) is 2.21. The van der Waals surface area contributed by atoms with Crippen LogP contribution in [0.1, 0.15) is 11.1 Å². The first-order chi connectivity index (χ1) is 12.9. The van der Waals surface area contributed by atoms with E-state index in [1.807, 2.05) is 0 Å². The van der Waals surface area contributed by atoms with E-state index in [4.69, 9.17) is 0 Å². The number of alkyl halides is 12. The molecule has 1 aromatic carbocycles. The molecule has 0 aromatic heterocycles. The zero-order valence-corrected chi connectivity index (χ0v) is 17.4. The lowest BCUT2D eigenvalue weighted by Gasteiger charge is -2.37. The third-order valence-electron chi connectivity index (χ3n) is 3.69. The number of hydrogen-bond donors (Lipinski definition) is 4. The standard InChI is InChI=1S/C12H4F12I2O4/c13-9(14,15)7(29,10(16,17)18)1-3(25)6(28)2(4(26)5(1)27)8(30,11(19,20)21)12(22,23)24/h27-30H. The molecule has 0 bridgehead atoms. The zero-order valence-electron chi connectivity index (χ0n) is 13.1. The molecule has 0 fully saturated rings. The van der Waals surface area contributed by atoms with Crippen molar-refractivity contribution in [3.63, 3.8) is 0 Å². The molecule has 1 rings (SSSR count). The monoisotopic (exact) mass is 694 g/mol. The van der Waals surface area contributed by atoms with Gasteiger partial charge in [-0.15, -0.1) is 0 Å². The van der Waals surface area contributed by atoms with Crippen LogP contribution < -0.4 is 0 Å². The van der Waals surface area contributed by atoms with E-state index >= 15 is 0 Å². The molecule has 0 saturated carbocycles. The Bertz CT molecular complexity index is 714. The Morgan fingerprint density at radius 2 is 0.633 bits per heavy atom. The summed E-state index contributed by atoms with van der Waals surface area (Å²) < 4.78 is 152. The number of hydrogen-bond acceptors (Lipinski definition) is 4. The van der Waals surface area contributed by atoms with E-state index < -0.39 is 65.7 Å². The maximum absolute atomic E-state index is 13.0. The number of aliphatic hydroxyl groups is 2. The van der Waals surface area contributed by atoms with Crippen LogP contribution in [0.4, 0.5) is 52.7 Å². The molecule has 0 radical (unpaired) electrons. The molecule has 0 aliphatic heterocycles. The summed E-state index contributed by atoms with van der Waals surface area (Å²) in [6.07, 6.45) is -26.8. The van der Waals surface area contributed by atoms with Crippen LogP contribution in [0, 0.1) is 7.14 Å². The Morgan fingerprint density at radius 3 is 0.767 bits per heavy atom. The summed E-state index contributed by atoms with van der Waals surface area (Å²) in [6.45, 7) is 0. The third-order valence-corrected chi connectivity index (χ3v) is 5.79. The Kier molecular flexibility index (Phi) is 6.81. The smallest absolute Gasteiger partial charge is 0.430 e. The average molecular weight is 694 g/mol. The quantitative estimate of drug-likeness (QED) is 0.201. The first-order valence-corrected chi connectivity index (χ1v) is 8.70. The lowest BCUT2D eigenvalue weighted by molar-refractivity contribution is -0.378. The lowest BCUT2D eigenvalue weighted by Crippen LogP contribution is -2.56. The van der Waals surface area contributed by atoms with Crippen molar-refractivity contribution in [1.82, 2.24) is 0 Å². The molecule has 0 spiro atoms. The minimum atomic E-state index is -6.70. The molecule has 30 heavy (non-hydrogen) atoms. The summed E-state index contributed by atoms with van der Waals surface area (Å²) in [7, 11) is 0. The number of benzene rings is 1. The van der Waals surface area contributed by atoms with Crippen LogP contribution in [0.5, 0.6) is 11.5 Å². The van der Waals surface area contributed by atoms with Gasteiger partial charge < -0.3 is 20.4 Å². The van der Waals surface area contributed by atoms with Crippen molar-refractivity contribution < 1.29 is 73.1 Å². The molecule has 0 atom stereocenters. The lowest BCUT2D eigenvalue weighted by atomic mass is 9.85. The highest BCUT2D eigenvalue weighted by Crippen LogP contribution is 2.60. The van der Waals surface area contributed by atoms with Crippen LogP contribution in [-0.4, -0.2) is 45.1 Å². The van der Waals surface area contributed by atoms with Gasteiger partial charge >= 0.3 is 24.7 Å². The Balaban J connectivity index is 4.28. The molecule has 0 amide bonds. The number of phenolic OH excluding ortho intramolecular Hbond substituents is 2. The topological polar surface area (TPSA) is 80.9 Å². The Morgan fingerprint density at radius 1 is 0.467 bits per heavy atom. The summed E-state index contributed by atoms with van der Waals surface area (Å²) in [5.74, 6) is -5.06. The van der Waals surface area contributed by atoms with E-state index in [9.17, 15) is 73.1 Å². The molecule has 0 aliphatic rings. The largest absolute Gasteiger partial charge is 0.506 e. The van der Waals surface area contributed by atoms with Crippen molar-refractivity contribution in [2.24, 2.45) is 0 Å². The number of aromatic hydroxyl groups is 2. The second kappa shape index (κ2) is 7.46. The molecule has 0 saturated heterocycles. The van der Waals surface area contributed by atoms with E-state index in [1.54, 1.807) is 0 Å². The van der Waals surface area contributed by atoms with E-state index in [1.165, 1.54) is 0 Å². The van der Waals surface area contributed by atoms with Crippen molar-refractivity contribution in [1.29, 1.82) is 0 Å². The van der Waals surface area contributed by atoms with Gasteiger partial charge in [0.05, 0.1) is 18.3 Å². The van der Waals surface area contributed by atoms with Gasteiger partial charge in [0.25, 0.3) is 11.2 Å². The fraction of sp³-hybridized carbons (Fsp3) is 0.500. The molecule has 0 heterocycles. The predicted octanol–water partition coefficient (Wildman–Crippen LogP) is 4.93. The van der Waals surface area contributed by atoms with Crippen molar-refractivity contribution in [2.75, 3.05) is 0 Å². The molecule has 174 valence electrons. The van der Waals surface area contributed by atoms with E-state index in [2.05, 4.69) is 0 Å². The maximum atomic E-state index is 13.0. The first-order valence-electron chi connectivity index (χ1n) is 6.54. The maximum Gasteiger partial charge on any atom is 0.430 e. The molecule has 4 N–H and O–H groups in total. The summed E-state index contributed by atoms with van der Waals surface area (Å²) in [5, 5.41) is 38.1. The summed E-state index contributed by atoms with van der Waals surface area (Å²) in [4.78, 5) is 0. The van der Waals surface area contributed by atoms with Crippen molar-refractivity contribution in [3.05, 3.63) is 18.3 Å². The highest BCUT2D eigenvalue weighted by atomic mass is 127. The Labute approximate surface area is 183 Å². The number of halogens is 14. The SMILES string of the molecule is Oc1c(I)c(C(O)(C(F)(F)F)C(F)(F)F)c(O)c(I)c1C(O)(C(F)(F)F)C(F)(F)F. The fourth-order valence-corrected chi connectivity index (χ4v) is 4.04. The second-order valence-electron chi connectivity index (χ2n) is 5.49. The molecule has 0 aliphatic carbocycles. The van der Waals surface area contributed by atoms with Gasteiger partial charge in [-0.2, -0.15) is 52.7 Å².